The van der Waals surface area contributed by atoms with Crippen molar-refractivity contribution in [2.24, 2.45) is 7.05 Å². The lowest BCUT2D eigenvalue weighted by molar-refractivity contribution is 0.414. The standard InChI is InChI=1S/C30H28N2O/c1-31-26-15-9-7-13-24(26)28(21-17-19-23(33-3)20-18-21)29-25-14-8-10-16-27(25)32(2)30(29)22-11-5-4-6-12-22/h4-20,28,31H,1-3H3/t28-/m0/s1. The highest BCUT2D eigenvalue weighted by Crippen LogP contribution is 2.45. The minimum Gasteiger partial charge on any atom is -0.497 e. The number of rotatable bonds is 6. The number of anilines is 1. The molecule has 0 unspecified atom stereocenters. The molecule has 4 aromatic carbocycles. The van der Waals surface area contributed by atoms with Gasteiger partial charge in [-0.05, 0) is 46.5 Å². The topological polar surface area (TPSA) is 26.2 Å². The van der Waals surface area contributed by atoms with Crippen molar-refractivity contribution in [2.75, 3.05) is 19.5 Å². The van der Waals surface area contributed by atoms with Crippen LogP contribution in [0.15, 0.2) is 103 Å². The lowest BCUT2D eigenvalue weighted by Gasteiger charge is -2.23. The van der Waals surface area contributed by atoms with Gasteiger partial charge in [0.15, 0.2) is 0 Å². The first-order valence-electron chi connectivity index (χ1n) is 11.3. The molecule has 0 aliphatic rings. The zero-order chi connectivity index (χ0) is 22.8. The Labute approximate surface area is 195 Å². The first-order chi connectivity index (χ1) is 16.2. The fourth-order valence-corrected chi connectivity index (χ4v) is 4.93. The highest BCUT2D eigenvalue weighted by Gasteiger charge is 2.28. The summed E-state index contributed by atoms with van der Waals surface area (Å²) in [5.41, 5.74) is 8.60. The third-order valence-corrected chi connectivity index (χ3v) is 6.47. The molecule has 0 aliphatic carbocycles. The van der Waals surface area contributed by atoms with Crippen LogP contribution in [0, 0.1) is 0 Å². The van der Waals surface area contributed by atoms with Crippen LogP contribution >= 0.6 is 0 Å². The summed E-state index contributed by atoms with van der Waals surface area (Å²) >= 11 is 0. The molecule has 164 valence electrons. The monoisotopic (exact) mass is 432 g/mol. The SMILES string of the molecule is CNc1ccccc1[C@H](c1ccc(OC)cc1)c1c(-c2ccccc2)n(C)c2ccccc12. The van der Waals surface area contributed by atoms with E-state index in [1.807, 2.05) is 7.05 Å². The first-order valence-corrected chi connectivity index (χ1v) is 11.3. The Balaban J connectivity index is 1.88. The Bertz CT molecular complexity index is 1380. The molecular weight excluding hydrogens is 404 g/mol. The number of ether oxygens (including phenoxy) is 1. The van der Waals surface area contributed by atoms with Gasteiger partial charge in [-0.15, -0.1) is 0 Å². The second-order valence-corrected chi connectivity index (χ2v) is 8.25. The van der Waals surface area contributed by atoms with E-state index in [2.05, 4.69) is 120 Å². The summed E-state index contributed by atoms with van der Waals surface area (Å²) < 4.78 is 7.79. The molecule has 0 saturated carbocycles. The van der Waals surface area contributed by atoms with Crippen LogP contribution in [0.25, 0.3) is 22.2 Å². The Kier molecular flexibility index (Phi) is 5.62. The summed E-state index contributed by atoms with van der Waals surface area (Å²) in [7, 11) is 5.87. The smallest absolute Gasteiger partial charge is 0.118 e. The van der Waals surface area contributed by atoms with Gasteiger partial charge < -0.3 is 14.6 Å². The van der Waals surface area contributed by atoms with Gasteiger partial charge in [-0.3, -0.25) is 0 Å². The molecular formula is C30H28N2O. The van der Waals surface area contributed by atoms with Crippen LogP contribution in [0.5, 0.6) is 5.75 Å². The molecule has 3 nitrogen and oxygen atoms in total. The molecule has 5 aromatic rings. The maximum Gasteiger partial charge on any atom is 0.118 e. The zero-order valence-corrected chi connectivity index (χ0v) is 19.2. The number of nitrogens with one attached hydrogen (secondary N) is 1. The molecule has 33 heavy (non-hydrogen) atoms. The molecule has 0 radical (unpaired) electrons. The lowest BCUT2D eigenvalue weighted by atomic mass is 9.81. The Hall–Kier alpha value is -3.98. The summed E-state index contributed by atoms with van der Waals surface area (Å²) in [6.07, 6.45) is 0. The van der Waals surface area contributed by atoms with Gasteiger partial charge in [-0.2, -0.15) is 0 Å². The van der Waals surface area contributed by atoms with Crippen molar-refractivity contribution in [3.8, 4) is 17.0 Å². The number of benzene rings is 4. The highest BCUT2D eigenvalue weighted by atomic mass is 16.5. The Morgan fingerprint density at radius 2 is 1.42 bits per heavy atom. The second-order valence-electron chi connectivity index (χ2n) is 8.25. The number of hydrogen-bond donors (Lipinski definition) is 1. The number of fused-ring (bicyclic) bond motifs is 1. The fraction of sp³-hybridized carbons (Fsp3) is 0.133. The van der Waals surface area contributed by atoms with Crippen LogP contribution < -0.4 is 10.1 Å². The third-order valence-electron chi connectivity index (χ3n) is 6.47. The molecule has 1 atom stereocenters. The molecule has 0 saturated heterocycles. The van der Waals surface area contributed by atoms with Gasteiger partial charge in [0.05, 0.1) is 12.8 Å². The van der Waals surface area contributed by atoms with E-state index in [0.717, 1.165) is 11.4 Å². The molecule has 0 spiro atoms. The number of hydrogen-bond acceptors (Lipinski definition) is 2. The lowest BCUT2D eigenvalue weighted by Crippen LogP contribution is -2.08. The number of nitrogens with zero attached hydrogens (tertiary/aromatic N) is 1. The maximum atomic E-state index is 5.46. The van der Waals surface area contributed by atoms with Crippen molar-refractivity contribution in [1.82, 2.24) is 4.57 Å². The van der Waals surface area contributed by atoms with Gasteiger partial charge in [-0.1, -0.05) is 78.9 Å². The van der Waals surface area contributed by atoms with E-state index in [1.54, 1.807) is 7.11 Å². The van der Waals surface area contributed by atoms with Gasteiger partial charge in [-0.25, -0.2) is 0 Å². The van der Waals surface area contributed by atoms with Gasteiger partial charge in [0.2, 0.25) is 0 Å². The molecule has 3 heteroatoms. The van der Waals surface area contributed by atoms with Crippen molar-refractivity contribution in [3.63, 3.8) is 0 Å². The number of methoxy groups -OCH3 is 1. The Morgan fingerprint density at radius 3 is 2.15 bits per heavy atom. The summed E-state index contributed by atoms with van der Waals surface area (Å²) in [5, 5.41) is 4.69. The van der Waals surface area contributed by atoms with Crippen LogP contribution in [0.1, 0.15) is 22.6 Å². The number of aromatic nitrogens is 1. The number of para-hydroxylation sites is 2. The van der Waals surface area contributed by atoms with Crippen LogP contribution in [-0.4, -0.2) is 18.7 Å². The van der Waals surface area contributed by atoms with Crippen molar-refractivity contribution < 1.29 is 4.74 Å². The van der Waals surface area contributed by atoms with Gasteiger partial charge in [0.1, 0.15) is 5.75 Å². The van der Waals surface area contributed by atoms with Crippen LogP contribution in [-0.2, 0) is 7.05 Å². The molecule has 0 bridgehead atoms. The average Bonchev–Trinajstić information content (AvgIpc) is 3.17. The molecule has 1 aromatic heterocycles. The van der Waals surface area contributed by atoms with E-state index >= 15 is 0 Å². The predicted octanol–water partition coefficient (Wildman–Crippen LogP) is 7.08. The fourth-order valence-electron chi connectivity index (χ4n) is 4.93. The first kappa shape index (κ1) is 20.9. The molecule has 1 N–H and O–H groups in total. The van der Waals surface area contributed by atoms with E-state index in [9.17, 15) is 0 Å². The largest absolute Gasteiger partial charge is 0.497 e. The quantitative estimate of drug-likeness (QED) is 0.310. The summed E-state index contributed by atoms with van der Waals surface area (Å²) in [4.78, 5) is 0. The van der Waals surface area contributed by atoms with E-state index < -0.39 is 0 Å². The molecule has 0 amide bonds. The minimum absolute atomic E-state index is 0.0425. The second kappa shape index (κ2) is 8.87. The molecule has 0 fully saturated rings. The molecule has 5 rings (SSSR count). The van der Waals surface area contributed by atoms with E-state index in [4.69, 9.17) is 4.74 Å². The van der Waals surface area contributed by atoms with Gasteiger partial charge in [0.25, 0.3) is 0 Å². The van der Waals surface area contributed by atoms with Crippen LogP contribution in [0.3, 0.4) is 0 Å². The van der Waals surface area contributed by atoms with Crippen molar-refractivity contribution in [1.29, 1.82) is 0 Å². The van der Waals surface area contributed by atoms with Gasteiger partial charge >= 0.3 is 0 Å². The highest BCUT2D eigenvalue weighted by molar-refractivity contribution is 5.94. The van der Waals surface area contributed by atoms with E-state index in [-0.39, 0.29) is 5.92 Å². The normalized spacial score (nSPS) is 12.0. The summed E-state index contributed by atoms with van der Waals surface area (Å²) in [6.45, 7) is 0. The summed E-state index contributed by atoms with van der Waals surface area (Å²) in [5.74, 6) is 0.904. The molecule has 0 aliphatic heterocycles. The van der Waals surface area contributed by atoms with Crippen LogP contribution in [0.2, 0.25) is 0 Å². The zero-order valence-electron chi connectivity index (χ0n) is 19.2. The van der Waals surface area contributed by atoms with E-state index in [0.29, 0.717) is 0 Å². The maximum absolute atomic E-state index is 5.46. The molecule has 1 heterocycles. The minimum atomic E-state index is 0.0425. The van der Waals surface area contributed by atoms with E-state index in [1.165, 1.54) is 38.9 Å². The predicted molar refractivity (Wildman–Crippen MR) is 138 cm³/mol. The number of aryl methyl sites for hydroxylation is 1. The average molecular weight is 433 g/mol. The van der Waals surface area contributed by atoms with Crippen molar-refractivity contribution in [2.45, 2.75) is 5.92 Å². The van der Waals surface area contributed by atoms with Crippen molar-refractivity contribution in [3.05, 3.63) is 120 Å². The van der Waals surface area contributed by atoms with Crippen molar-refractivity contribution >= 4 is 16.6 Å². The van der Waals surface area contributed by atoms with Gasteiger partial charge in [0, 0.05) is 36.6 Å². The summed E-state index contributed by atoms with van der Waals surface area (Å²) in [6, 6.07) is 36.5. The Morgan fingerprint density at radius 1 is 0.758 bits per heavy atom. The third kappa shape index (κ3) is 3.66. The van der Waals surface area contributed by atoms with Crippen LogP contribution in [0.4, 0.5) is 5.69 Å².